The average molecular weight is 599 g/mol. The first-order chi connectivity index (χ1) is 20.4. The van der Waals surface area contributed by atoms with Gasteiger partial charge in [-0.15, -0.1) is 0 Å². The van der Waals surface area contributed by atoms with Gasteiger partial charge in [-0.2, -0.15) is 0 Å². The van der Waals surface area contributed by atoms with Gasteiger partial charge < -0.3 is 25.3 Å². The molecule has 42 heavy (non-hydrogen) atoms. The van der Waals surface area contributed by atoms with Crippen LogP contribution in [0.3, 0.4) is 0 Å². The lowest BCUT2D eigenvalue weighted by Crippen LogP contribution is -2.36. The van der Waals surface area contributed by atoms with Crippen LogP contribution in [0.5, 0.6) is 0 Å². The summed E-state index contributed by atoms with van der Waals surface area (Å²) in [5.74, 6) is -0.857. The van der Waals surface area contributed by atoms with Crippen LogP contribution in [0.2, 0.25) is 0 Å². The maximum atomic E-state index is 12.5. The summed E-state index contributed by atoms with van der Waals surface area (Å²) in [7, 11) is 1.34. The Labute approximate surface area is 257 Å². The van der Waals surface area contributed by atoms with Crippen molar-refractivity contribution >= 4 is 17.9 Å². The van der Waals surface area contributed by atoms with Crippen LogP contribution in [0, 0.1) is 0 Å². The van der Waals surface area contributed by atoms with Crippen LogP contribution in [-0.2, 0) is 28.6 Å². The fourth-order valence-corrected chi connectivity index (χ4v) is 4.94. The summed E-state index contributed by atoms with van der Waals surface area (Å²) >= 11 is 0. The molecule has 0 amide bonds. The van der Waals surface area contributed by atoms with Gasteiger partial charge in [-0.05, 0) is 32.2 Å². The molecule has 0 rings (SSSR count). The number of ether oxygens (including phenoxy) is 3. The Morgan fingerprint density at radius 3 is 1.62 bits per heavy atom. The fourth-order valence-electron chi connectivity index (χ4n) is 4.94. The summed E-state index contributed by atoms with van der Waals surface area (Å²) in [6.45, 7) is 5.63. The lowest BCUT2D eigenvalue weighted by molar-refractivity contribution is -0.159. The Morgan fingerprint density at radius 2 is 1.12 bits per heavy atom. The normalized spacial score (nSPS) is 12.6. The lowest BCUT2D eigenvalue weighted by Gasteiger charge is -2.19. The number of methoxy groups -OCH3 is 1. The van der Waals surface area contributed by atoms with Crippen molar-refractivity contribution in [2.24, 2.45) is 5.73 Å². The van der Waals surface area contributed by atoms with Crippen LogP contribution in [0.4, 0.5) is 0 Å². The minimum atomic E-state index is -0.602. The molecule has 0 aliphatic rings. The van der Waals surface area contributed by atoms with Gasteiger partial charge in [0.05, 0.1) is 7.11 Å². The molecule has 0 saturated carbocycles. The molecule has 0 fully saturated rings. The van der Waals surface area contributed by atoms with Gasteiger partial charge >= 0.3 is 17.9 Å². The second kappa shape index (κ2) is 30.8. The predicted molar refractivity (Wildman–Crippen MR) is 171 cm³/mol. The molecule has 0 bridgehead atoms. The number of unbranched alkanes of at least 4 members (excludes halogenated alkanes) is 17. The van der Waals surface area contributed by atoms with E-state index in [0.717, 1.165) is 51.4 Å². The summed E-state index contributed by atoms with van der Waals surface area (Å²) in [5, 5.41) is 3.30. The molecule has 0 aromatic rings. The van der Waals surface area contributed by atoms with E-state index >= 15 is 0 Å². The summed E-state index contributed by atoms with van der Waals surface area (Å²) in [4.78, 5) is 36.3. The monoisotopic (exact) mass is 598 g/mol. The Hall–Kier alpha value is -1.67. The minimum absolute atomic E-state index is 0.0694. The number of esters is 3. The Morgan fingerprint density at radius 1 is 0.643 bits per heavy atom. The van der Waals surface area contributed by atoms with Crippen molar-refractivity contribution in [3.8, 4) is 0 Å². The van der Waals surface area contributed by atoms with Gasteiger partial charge in [-0.1, -0.05) is 123 Å². The molecule has 8 nitrogen and oxygen atoms in total. The number of hydrogen-bond acceptors (Lipinski definition) is 8. The van der Waals surface area contributed by atoms with E-state index in [1.807, 2.05) is 0 Å². The summed E-state index contributed by atoms with van der Waals surface area (Å²) in [6, 6.07) is -0.602. The Bertz CT molecular complexity index is 646. The molecule has 3 N–H and O–H groups in total. The molecule has 2 atom stereocenters. The smallest absolute Gasteiger partial charge is 0.322 e. The van der Waals surface area contributed by atoms with E-state index in [0.29, 0.717) is 32.4 Å². The summed E-state index contributed by atoms with van der Waals surface area (Å²) < 4.78 is 15.9. The van der Waals surface area contributed by atoms with Gasteiger partial charge in [0.1, 0.15) is 18.8 Å². The maximum absolute atomic E-state index is 12.5. The summed E-state index contributed by atoms with van der Waals surface area (Å²) in [6.07, 6.45) is 23.9. The molecular weight excluding hydrogens is 532 g/mol. The van der Waals surface area contributed by atoms with Gasteiger partial charge in [0.2, 0.25) is 0 Å². The number of rotatable bonds is 31. The zero-order chi connectivity index (χ0) is 31.1. The lowest BCUT2D eigenvalue weighted by atomic mass is 10.1. The van der Waals surface area contributed by atoms with Gasteiger partial charge in [0.25, 0.3) is 0 Å². The molecular formula is C34H66N2O6. The first-order valence-electron chi connectivity index (χ1n) is 17.3. The van der Waals surface area contributed by atoms with Crippen molar-refractivity contribution in [2.45, 2.75) is 174 Å². The van der Waals surface area contributed by atoms with Crippen molar-refractivity contribution < 1.29 is 28.6 Å². The van der Waals surface area contributed by atoms with Gasteiger partial charge in [-0.3, -0.25) is 14.4 Å². The number of hydrogen-bond donors (Lipinski definition) is 2. The highest BCUT2D eigenvalue weighted by molar-refractivity contribution is 5.75. The minimum Gasteiger partial charge on any atom is -0.468 e. The Balaban J connectivity index is 4.30. The van der Waals surface area contributed by atoms with E-state index < -0.39 is 18.1 Å². The fraction of sp³-hybridized carbons (Fsp3) is 0.912. The van der Waals surface area contributed by atoms with E-state index in [2.05, 4.69) is 23.9 Å². The third kappa shape index (κ3) is 27.2. The van der Waals surface area contributed by atoms with Crippen LogP contribution >= 0.6 is 0 Å². The molecule has 0 aromatic heterocycles. The third-order valence-electron chi connectivity index (χ3n) is 7.69. The molecule has 8 heteroatoms. The third-order valence-corrected chi connectivity index (χ3v) is 7.69. The van der Waals surface area contributed by atoms with E-state index in [1.54, 1.807) is 0 Å². The van der Waals surface area contributed by atoms with E-state index in [1.165, 1.54) is 84.2 Å². The molecule has 0 aliphatic heterocycles. The molecule has 0 saturated heterocycles. The number of nitrogens with one attached hydrogen (secondary N) is 1. The van der Waals surface area contributed by atoms with Crippen LogP contribution in [0.25, 0.3) is 0 Å². The van der Waals surface area contributed by atoms with Gasteiger partial charge in [0.15, 0.2) is 0 Å². The quantitative estimate of drug-likeness (QED) is 0.0477. The highest BCUT2D eigenvalue weighted by Crippen LogP contribution is 2.13. The molecule has 0 aromatic carbocycles. The molecule has 248 valence electrons. The van der Waals surface area contributed by atoms with Crippen molar-refractivity contribution in [3.63, 3.8) is 0 Å². The second-order valence-corrected chi connectivity index (χ2v) is 11.8. The van der Waals surface area contributed by atoms with Crippen molar-refractivity contribution in [1.29, 1.82) is 0 Å². The molecule has 0 spiro atoms. The first kappa shape index (κ1) is 40.3. The van der Waals surface area contributed by atoms with Crippen LogP contribution in [0.1, 0.15) is 162 Å². The SMILES string of the molecule is CCCCCCCCCCCC(=O)OCC(CNCCCCC(N)C(=O)OC)OC(=O)CCCCCCCCCCC. The van der Waals surface area contributed by atoms with Gasteiger partial charge in [0, 0.05) is 19.4 Å². The zero-order valence-corrected chi connectivity index (χ0v) is 27.6. The van der Waals surface area contributed by atoms with Crippen molar-refractivity contribution in [3.05, 3.63) is 0 Å². The van der Waals surface area contributed by atoms with E-state index in [-0.39, 0.29) is 18.5 Å². The van der Waals surface area contributed by atoms with Crippen molar-refractivity contribution in [1.82, 2.24) is 5.32 Å². The topological polar surface area (TPSA) is 117 Å². The number of carbonyl (C=O) groups excluding carboxylic acids is 3. The second-order valence-electron chi connectivity index (χ2n) is 11.8. The Kier molecular flexibility index (Phi) is 29.6. The molecule has 2 unspecified atom stereocenters. The maximum Gasteiger partial charge on any atom is 0.322 e. The van der Waals surface area contributed by atoms with E-state index in [4.69, 9.17) is 15.2 Å². The molecule has 0 heterocycles. The largest absolute Gasteiger partial charge is 0.468 e. The number of nitrogens with two attached hydrogens (primary N) is 1. The summed E-state index contributed by atoms with van der Waals surface area (Å²) in [5.41, 5.74) is 5.78. The standard InChI is InChI=1S/C34H66N2O6/c1-4-6-8-10-12-14-16-18-20-25-32(37)41-29-30(28-36-27-23-22-24-31(35)34(39)40-3)42-33(38)26-21-19-17-15-13-11-9-7-5-2/h30-31,36H,4-29,35H2,1-3H3. The van der Waals surface area contributed by atoms with Crippen LogP contribution in [-0.4, -0.2) is 56.9 Å². The number of carbonyl (C=O) groups is 3. The highest BCUT2D eigenvalue weighted by atomic mass is 16.6. The van der Waals surface area contributed by atoms with Crippen molar-refractivity contribution in [2.75, 3.05) is 26.8 Å². The molecule has 0 radical (unpaired) electrons. The zero-order valence-electron chi connectivity index (χ0n) is 27.6. The van der Waals surface area contributed by atoms with Crippen LogP contribution < -0.4 is 11.1 Å². The predicted octanol–water partition coefficient (Wildman–Crippen LogP) is 7.54. The average Bonchev–Trinajstić information content (AvgIpc) is 2.99. The van der Waals surface area contributed by atoms with Crippen LogP contribution in [0.15, 0.2) is 0 Å². The first-order valence-corrected chi connectivity index (χ1v) is 17.3. The van der Waals surface area contributed by atoms with E-state index in [9.17, 15) is 14.4 Å². The van der Waals surface area contributed by atoms with Gasteiger partial charge in [-0.25, -0.2) is 0 Å². The highest BCUT2D eigenvalue weighted by Gasteiger charge is 2.17. The molecule has 0 aliphatic carbocycles.